The molecule has 1 aromatic heterocycles. The summed E-state index contributed by atoms with van der Waals surface area (Å²) in [6, 6.07) is 0. The predicted octanol–water partition coefficient (Wildman–Crippen LogP) is 1.38. The van der Waals surface area contributed by atoms with Gasteiger partial charge in [0.25, 0.3) is 0 Å². The number of carbonyl (C=O) groups is 1. The molecule has 3 heteroatoms. The van der Waals surface area contributed by atoms with Crippen LogP contribution in [0.15, 0.2) is 10.8 Å². The van der Waals surface area contributed by atoms with Crippen LogP contribution in [0.4, 0.5) is 5.69 Å². The Balaban J connectivity index is 2.58. The number of ketones is 1. The monoisotopic (exact) mass is 153 g/mol. The van der Waals surface area contributed by atoms with Gasteiger partial charge in [-0.2, -0.15) is 0 Å². The molecule has 1 aliphatic rings. The number of Topliss-reactive ketones (excluding diaryl/α,β-unsaturated/α-hetero) is 1. The molecule has 0 unspecified atom stereocenters. The van der Waals surface area contributed by atoms with Crippen molar-refractivity contribution >= 4 is 22.8 Å². The number of likely N-dealkylation sites (N-methyl/N-ethyl adjacent to an activating group) is 1. The minimum Gasteiger partial charge on any atom is -0.366 e. The zero-order valence-electron chi connectivity index (χ0n) is 5.63. The number of carbonyl (C=O) groups excluding carboxylic acids is 1. The van der Waals surface area contributed by atoms with Gasteiger partial charge in [0.15, 0.2) is 5.78 Å². The van der Waals surface area contributed by atoms with Crippen LogP contribution in [-0.2, 0) is 0 Å². The molecule has 0 aromatic carbocycles. The van der Waals surface area contributed by atoms with Crippen molar-refractivity contribution in [3.05, 3.63) is 16.3 Å². The maximum atomic E-state index is 11.1. The SMILES string of the molecule is CN1CC(=O)c2cscc21. The summed E-state index contributed by atoms with van der Waals surface area (Å²) in [6.45, 7) is 0.554. The second kappa shape index (κ2) is 1.83. The number of hydrogen-bond acceptors (Lipinski definition) is 3. The van der Waals surface area contributed by atoms with Crippen molar-refractivity contribution in [2.75, 3.05) is 18.5 Å². The van der Waals surface area contributed by atoms with E-state index in [0.717, 1.165) is 11.3 Å². The van der Waals surface area contributed by atoms with Crippen molar-refractivity contribution in [2.24, 2.45) is 0 Å². The molecule has 0 saturated heterocycles. The number of fused-ring (bicyclic) bond motifs is 1. The molecule has 0 amide bonds. The summed E-state index contributed by atoms with van der Waals surface area (Å²) < 4.78 is 0. The molecule has 1 aliphatic heterocycles. The Morgan fingerprint density at radius 1 is 1.60 bits per heavy atom. The van der Waals surface area contributed by atoms with Crippen LogP contribution >= 0.6 is 11.3 Å². The quantitative estimate of drug-likeness (QED) is 0.561. The molecular formula is C7H7NOS. The first kappa shape index (κ1) is 5.92. The first-order valence-electron chi connectivity index (χ1n) is 3.09. The lowest BCUT2D eigenvalue weighted by Crippen LogP contribution is -2.15. The Hall–Kier alpha value is -0.830. The molecule has 0 spiro atoms. The van der Waals surface area contributed by atoms with E-state index in [1.165, 1.54) is 0 Å². The Labute approximate surface area is 63.1 Å². The highest BCUT2D eigenvalue weighted by molar-refractivity contribution is 7.08. The predicted molar refractivity (Wildman–Crippen MR) is 41.9 cm³/mol. The van der Waals surface area contributed by atoms with Crippen molar-refractivity contribution in [3.63, 3.8) is 0 Å². The molecule has 10 heavy (non-hydrogen) atoms. The largest absolute Gasteiger partial charge is 0.366 e. The third-order valence-corrected chi connectivity index (χ3v) is 2.47. The van der Waals surface area contributed by atoms with E-state index in [9.17, 15) is 4.79 Å². The Morgan fingerprint density at radius 2 is 2.40 bits per heavy atom. The van der Waals surface area contributed by atoms with Gasteiger partial charge in [0.2, 0.25) is 0 Å². The zero-order valence-corrected chi connectivity index (χ0v) is 6.44. The third kappa shape index (κ3) is 0.609. The fourth-order valence-corrected chi connectivity index (χ4v) is 2.07. The van der Waals surface area contributed by atoms with Gasteiger partial charge in [-0.3, -0.25) is 4.79 Å². The van der Waals surface area contributed by atoms with Gasteiger partial charge in [0, 0.05) is 17.8 Å². The topological polar surface area (TPSA) is 20.3 Å². The molecule has 0 bridgehead atoms. The van der Waals surface area contributed by atoms with Gasteiger partial charge in [-0.15, -0.1) is 11.3 Å². The zero-order chi connectivity index (χ0) is 7.14. The molecule has 2 heterocycles. The molecule has 0 aliphatic carbocycles. The average Bonchev–Trinajstić information content (AvgIpc) is 2.39. The van der Waals surface area contributed by atoms with Crippen molar-refractivity contribution in [2.45, 2.75) is 0 Å². The number of rotatable bonds is 0. The Bertz CT molecular complexity index is 279. The summed E-state index contributed by atoms with van der Waals surface area (Å²) in [5.74, 6) is 0.249. The minimum atomic E-state index is 0.249. The first-order chi connectivity index (χ1) is 4.79. The Morgan fingerprint density at radius 3 is 3.10 bits per heavy atom. The van der Waals surface area contributed by atoms with E-state index in [-0.39, 0.29) is 5.78 Å². The van der Waals surface area contributed by atoms with Gasteiger partial charge >= 0.3 is 0 Å². The van der Waals surface area contributed by atoms with Gasteiger partial charge in [0.1, 0.15) is 0 Å². The summed E-state index contributed by atoms with van der Waals surface area (Å²) in [4.78, 5) is 13.1. The van der Waals surface area contributed by atoms with Gasteiger partial charge in [-0.05, 0) is 0 Å². The third-order valence-electron chi connectivity index (χ3n) is 1.73. The minimum absolute atomic E-state index is 0.249. The number of nitrogens with zero attached hydrogens (tertiary/aromatic N) is 1. The molecule has 0 saturated carbocycles. The van der Waals surface area contributed by atoms with Crippen LogP contribution in [-0.4, -0.2) is 19.4 Å². The molecule has 2 rings (SSSR count). The number of hydrogen-bond donors (Lipinski definition) is 0. The van der Waals surface area contributed by atoms with Crippen molar-refractivity contribution < 1.29 is 4.79 Å². The van der Waals surface area contributed by atoms with E-state index in [1.807, 2.05) is 22.7 Å². The van der Waals surface area contributed by atoms with Crippen LogP contribution < -0.4 is 4.90 Å². The average molecular weight is 153 g/mol. The van der Waals surface area contributed by atoms with E-state index < -0.39 is 0 Å². The van der Waals surface area contributed by atoms with Crippen LogP contribution in [0.3, 0.4) is 0 Å². The molecular weight excluding hydrogens is 146 g/mol. The summed E-state index contributed by atoms with van der Waals surface area (Å²) in [6.07, 6.45) is 0. The normalized spacial score (nSPS) is 16.1. The molecule has 52 valence electrons. The number of anilines is 1. The lowest BCUT2D eigenvalue weighted by atomic mass is 10.2. The van der Waals surface area contributed by atoms with Crippen LogP contribution in [0.1, 0.15) is 10.4 Å². The lowest BCUT2D eigenvalue weighted by molar-refractivity contribution is 0.101. The molecule has 2 nitrogen and oxygen atoms in total. The van der Waals surface area contributed by atoms with Gasteiger partial charge in [0.05, 0.1) is 17.8 Å². The fourth-order valence-electron chi connectivity index (χ4n) is 1.18. The fraction of sp³-hybridized carbons (Fsp3) is 0.286. The van der Waals surface area contributed by atoms with E-state index in [1.54, 1.807) is 11.3 Å². The standard InChI is InChI=1S/C7H7NOS/c1-8-2-7(9)5-3-10-4-6(5)8/h3-4H,2H2,1H3. The first-order valence-corrected chi connectivity index (χ1v) is 4.04. The second-order valence-corrected chi connectivity index (χ2v) is 3.19. The molecule has 0 radical (unpaired) electrons. The summed E-state index contributed by atoms with van der Waals surface area (Å²) in [7, 11) is 1.94. The molecule has 0 fully saturated rings. The highest BCUT2D eigenvalue weighted by Gasteiger charge is 2.23. The maximum Gasteiger partial charge on any atom is 0.184 e. The molecule has 0 N–H and O–H groups in total. The second-order valence-electron chi connectivity index (χ2n) is 2.45. The summed E-state index contributed by atoms with van der Waals surface area (Å²) in [5, 5.41) is 3.93. The molecule has 0 atom stereocenters. The lowest BCUT2D eigenvalue weighted by Gasteiger charge is -2.06. The number of thiophene rings is 1. The van der Waals surface area contributed by atoms with Gasteiger partial charge in [-0.1, -0.05) is 0 Å². The Kier molecular flexibility index (Phi) is 1.08. The van der Waals surface area contributed by atoms with Crippen molar-refractivity contribution in [1.82, 2.24) is 0 Å². The maximum absolute atomic E-state index is 11.1. The summed E-state index contributed by atoms with van der Waals surface area (Å²) in [5.41, 5.74) is 1.99. The van der Waals surface area contributed by atoms with Crippen molar-refractivity contribution in [1.29, 1.82) is 0 Å². The van der Waals surface area contributed by atoms with Crippen LogP contribution in [0.5, 0.6) is 0 Å². The van der Waals surface area contributed by atoms with Crippen LogP contribution in [0.2, 0.25) is 0 Å². The van der Waals surface area contributed by atoms with Crippen molar-refractivity contribution in [3.8, 4) is 0 Å². The summed E-state index contributed by atoms with van der Waals surface area (Å²) >= 11 is 1.59. The van der Waals surface area contributed by atoms with Gasteiger partial charge in [-0.25, -0.2) is 0 Å². The van der Waals surface area contributed by atoms with E-state index >= 15 is 0 Å². The van der Waals surface area contributed by atoms with Crippen LogP contribution in [0, 0.1) is 0 Å². The molecule has 1 aromatic rings. The van der Waals surface area contributed by atoms with E-state index in [2.05, 4.69) is 0 Å². The smallest absolute Gasteiger partial charge is 0.184 e. The van der Waals surface area contributed by atoms with Gasteiger partial charge < -0.3 is 4.90 Å². The van der Waals surface area contributed by atoms with E-state index in [0.29, 0.717) is 6.54 Å². The highest BCUT2D eigenvalue weighted by atomic mass is 32.1. The highest BCUT2D eigenvalue weighted by Crippen LogP contribution is 2.29. The van der Waals surface area contributed by atoms with E-state index in [4.69, 9.17) is 0 Å². The van der Waals surface area contributed by atoms with Crippen LogP contribution in [0.25, 0.3) is 0 Å².